The Balaban J connectivity index is 1.55. The van der Waals surface area contributed by atoms with E-state index >= 15 is 0 Å². The highest BCUT2D eigenvalue weighted by molar-refractivity contribution is 7.98. The van der Waals surface area contributed by atoms with Gasteiger partial charge in [0.05, 0.1) is 5.52 Å². The Morgan fingerprint density at radius 1 is 0.833 bits per heavy atom. The fraction of sp³-hybridized carbons (Fsp3) is 0.0435. The van der Waals surface area contributed by atoms with Crippen molar-refractivity contribution in [3.63, 3.8) is 0 Å². The van der Waals surface area contributed by atoms with Gasteiger partial charge in [0.15, 0.2) is 11.0 Å². The summed E-state index contributed by atoms with van der Waals surface area (Å²) in [5, 5.41) is 11.4. The van der Waals surface area contributed by atoms with Crippen LogP contribution in [0.15, 0.2) is 90.5 Å². The summed E-state index contributed by atoms with van der Waals surface area (Å²) < 4.78 is 2.07. The molecule has 3 heterocycles. The number of hydrogen-bond donors (Lipinski definition) is 0. The molecule has 0 aliphatic heterocycles. The fourth-order valence-electron chi connectivity index (χ4n) is 3.32. The molecule has 0 amide bonds. The Morgan fingerprint density at radius 3 is 2.50 bits per heavy atom. The molecule has 5 rings (SSSR count). The lowest BCUT2D eigenvalue weighted by Crippen LogP contribution is -2.00. The van der Waals surface area contributed by atoms with Crippen LogP contribution in [0.25, 0.3) is 28.0 Å². The number of pyridine rings is 2. The number of para-hydroxylation sites is 1. The van der Waals surface area contributed by atoms with E-state index in [9.17, 15) is 0 Å². The Morgan fingerprint density at radius 2 is 1.67 bits per heavy atom. The van der Waals surface area contributed by atoms with Crippen molar-refractivity contribution in [3.05, 3.63) is 95.9 Å². The number of aromatic nitrogens is 5. The SMILES string of the molecule is Clc1ccc(CSc2nnc(-c3ccncc3)n2-c2ccccc2)c2ncccc12. The van der Waals surface area contributed by atoms with Crippen LogP contribution in [0.2, 0.25) is 5.02 Å². The van der Waals surface area contributed by atoms with E-state index in [1.165, 1.54) is 0 Å². The average molecular weight is 430 g/mol. The molecule has 0 N–H and O–H groups in total. The van der Waals surface area contributed by atoms with Gasteiger partial charge >= 0.3 is 0 Å². The quantitative estimate of drug-likeness (QED) is 0.329. The largest absolute Gasteiger partial charge is 0.270 e. The van der Waals surface area contributed by atoms with E-state index in [1.807, 2.05) is 54.6 Å². The second-order valence-electron chi connectivity index (χ2n) is 6.61. The molecular weight excluding hydrogens is 414 g/mol. The summed E-state index contributed by atoms with van der Waals surface area (Å²) in [6.45, 7) is 0. The van der Waals surface area contributed by atoms with Crippen molar-refractivity contribution in [1.82, 2.24) is 24.7 Å². The zero-order chi connectivity index (χ0) is 20.3. The molecule has 0 bridgehead atoms. The highest BCUT2D eigenvalue weighted by atomic mass is 35.5. The molecule has 30 heavy (non-hydrogen) atoms. The summed E-state index contributed by atoms with van der Waals surface area (Å²) in [4.78, 5) is 8.65. The van der Waals surface area contributed by atoms with Gasteiger partial charge in [-0.2, -0.15) is 0 Å². The lowest BCUT2D eigenvalue weighted by molar-refractivity contribution is 0.886. The molecule has 0 saturated carbocycles. The van der Waals surface area contributed by atoms with Gasteiger partial charge in [-0.15, -0.1) is 10.2 Å². The van der Waals surface area contributed by atoms with Crippen LogP contribution in [-0.2, 0) is 5.75 Å². The van der Waals surface area contributed by atoms with Gasteiger partial charge in [-0.1, -0.05) is 47.6 Å². The number of hydrogen-bond acceptors (Lipinski definition) is 5. The molecule has 0 spiro atoms. The lowest BCUT2D eigenvalue weighted by Gasteiger charge is -2.11. The molecule has 2 aromatic carbocycles. The van der Waals surface area contributed by atoms with Gasteiger partial charge in [0.1, 0.15) is 0 Å². The maximum Gasteiger partial charge on any atom is 0.196 e. The minimum Gasteiger partial charge on any atom is -0.270 e. The minimum absolute atomic E-state index is 0.700. The van der Waals surface area contributed by atoms with Crippen LogP contribution in [0.5, 0.6) is 0 Å². The molecule has 0 radical (unpaired) electrons. The van der Waals surface area contributed by atoms with Gasteiger partial charge in [0.2, 0.25) is 0 Å². The second kappa shape index (κ2) is 8.26. The highest BCUT2D eigenvalue weighted by Crippen LogP contribution is 2.32. The second-order valence-corrected chi connectivity index (χ2v) is 7.96. The van der Waals surface area contributed by atoms with E-state index in [4.69, 9.17) is 11.6 Å². The molecule has 5 aromatic rings. The third kappa shape index (κ3) is 3.56. The average Bonchev–Trinajstić information content (AvgIpc) is 3.24. The topological polar surface area (TPSA) is 56.5 Å². The van der Waals surface area contributed by atoms with E-state index in [0.29, 0.717) is 10.8 Å². The summed E-state index contributed by atoms with van der Waals surface area (Å²) in [6, 6.07) is 21.8. The first-order chi connectivity index (χ1) is 14.8. The van der Waals surface area contributed by atoms with Crippen molar-refractivity contribution in [2.75, 3.05) is 0 Å². The number of halogens is 1. The van der Waals surface area contributed by atoms with Crippen molar-refractivity contribution in [2.24, 2.45) is 0 Å². The van der Waals surface area contributed by atoms with Crippen LogP contribution < -0.4 is 0 Å². The number of nitrogens with zero attached hydrogens (tertiary/aromatic N) is 5. The Kier molecular flexibility index (Phi) is 5.17. The molecule has 3 aromatic heterocycles. The third-order valence-electron chi connectivity index (χ3n) is 4.74. The number of fused-ring (bicyclic) bond motifs is 1. The van der Waals surface area contributed by atoms with Crippen LogP contribution in [0, 0.1) is 0 Å². The first kappa shape index (κ1) is 18.8. The van der Waals surface area contributed by atoms with Crippen LogP contribution in [0.4, 0.5) is 0 Å². The standard InChI is InChI=1S/C23H16ClN5S/c24-20-9-8-17(21-19(20)7-4-12-26-21)15-30-23-28-27-22(16-10-13-25-14-11-16)29(23)18-5-2-1-3-6-18/h1-14H,15H2. The number of thioether (sulfide) groups is 1. The van der Waals surface area contributed by atoms with Gasteiger partial charge in [0.25, 0.3) is 0 Å². The van der Waals surface area contributed by atoms with Gasteiger partial charge < -0.3 is 0 Å². The first-order valence-electron chi connectivity index (χ1n) is 9.37. The summed E-state index contributed by atoms with van der Waals surface area (Å²) in [7, 11) is 0. The zero-order valence-electron chi connectivity index (χ0n) is 15.8. The Bertz CT molecular complexity index is 1310. The number of benzene rings is 2. The van der Waals surface area contributed by atoms with Gasteiger partial charge in [-0.25, -0.2) is 0 Å². The minimum atomic E-state index is 0.700. The van der Waals surface area contributed by atoms with Crippen molar-refractivity contribution in [1.29, 1.82) is 0 Å². The monoisotopic (exact) mass is 429 g/mol. The summed E-state index contributed by atoms with van der Waals surface area (Å²) in [6.07, 6.45) is 5.32. The van der Waals surface area contributed by atoms with Gasteiger partial charge in [0, 0.05) is 46.0 Å². The Hall–Kier alpha value is -3.22. The molecule has 146 valence electrons. The maximum absolute atomic E-state index is 6.34. The van der Waals surface area contributed by atoms with E-state index < -0.39 is 0 Å². The van der Waals surface area contributed by atoms with E-state index in [2.05, 4.69) is 36.9 Å². The van der Waals surface area contributed by atoms with Crippen molar-refractivity contribution >= 4 is 34.3 Å². The maximum atomic E-state index is 6.34. The van der Waals surface area contributed by atoms with Crippen LogP contribution in [0.3, 0.4) is 0 Å². The van der Waals surface area contributed by atoms with Crippen LogP contribution >= 0.6 is 23.4 Å². The molecule has 7 heteroatoms. The van der Waals surface area contributed by atoms with Gasteiger partial charge in [-0.3, -0.25) is 14.5 Å². The van der Waals surface area contributed by atoms with Crippen molar-refractivity contribution in [2.45, 2.75) is 10.9 Å². The van der Waals surface area contributed by atoms with Crippen LogP contribution in [-0.4, -0.2) is 24.7 Å². The van der Waals surface area contributed by atoms with Crippen LogP contribution in [0.1, 0.15) is 5.56 Å². The van der Waals surface area contributed by atoms with E-state index in [0.717, 1.165) is 38.7 Å². The molecule has 0 saturated heterocycles. The molecule has 5 nitrogen and oxygen atoms in total. The first-order valence-corrected chi connectivity index (χ1v) is 10.7. The molecule has 0 aliphatic carbocycles. The molecular formula is C23H16ClN5S. The van der Waals surface area contributed by atoms with E-state index in [1.54, 1.807) is 30.4 Å². The molecule has 0 atom stereocenters. The normalized spacial score (nSPS) is 11.1. The van der Waals surface area contributed by atoms with Crippen molar-refractivity contribution < 1.29 is 0 Å². The third-order valence-corrected chi connectivity index (χ3v) is 6.05. The fourth-order valence-corrected chi connectivity index (χ4v) is 4.47. The molecule has 0 fully saturated rings. The van der Waals surface area contributed by atoms with Gasteiger partial charge in [-0.05, 0) is 48.0 Å². The van der Waals surface area contributed by atoms with E-state index in [-0.39, 0.29) is 0 Å². The molecule has 0 aliphatic rings. The van der Waals surface area contributed by atoms with Crippen molar-refractivity contribution in [3.8, 4) is 17.1 Å². The predicted molar refractivity (Wildman–Crippen MR) is 121 cm³/mol. The number of rotatable bonds is 5. The summed E-state index contributed by atoms with van der Waals surface area (Å²) >= 11 is 7.97. The predicted octanol–water partition coefficient (Wildman–Crippen LogP) is 5.82. The highest BCUT2D eigenvalue weighted by Gasteiger charge is 2.17. The summed E-state index contributed by atoms with van der Waals surface area (Å²) in [5.74, 6) is 1.48. The summed E-state index contributed by atoms with van der Waals surface area (Å²) in [5.41, 5.74) is 3.99. The smallest absolute Gasteiger partial charge is 0.196 e. The Labute approximate surface area is 182 Å². The lowest BCUT2D eigenvalue weighted by atomic mass is 10.1. The zero-order valence-corrected chi connectivity index (χ0v) is 17.4. The molecule has 0 unspecified atom stereocenters.